The number of rotatable bonds is 1. The van der Waals surface area contributed by atoms with Crippen molar-refractivity contribution >= 4 is 25.9 Å². The highest BCUT2D eigenvalue weighted by molar-refractivity contribution is 8.08. The first kappa shape index (κ1) is 6.90. The highest BCUT2D eigenvalue weighted by atomic mass is 32.3. The molecule has 48 valence electrons. The monoisotopic (exact) mass is 154 g/mol. The van der Waals surface area contributed by atoms with Crippen LogP contribution in [0.25, 0.3) is 0 Å². The molecule has 0 bridgehead atoms. The predicted molar refractivity (Wildman–Crippen MR) is 48.3 cm³/mol. The van der Waals surface area contributed by atoms with Crippen LogP contribution >= 0.6 is 12.1 Å². The van der Waals surface area contributed by atoms with E-state index in [1.807, 2.05) is 0 Å². The normalized spacial score (nSPS) is 10.9. The Bertz CT molecular complexity index is 198. The minimum Gasteiger partial charge on any atom is -0.204 e. The Morgan fingerprint density at radius 3 is 2.44 bits per heavy atom. The molecule has 0 atom stereocenters. The number of aryl methyl sites for hydroxylation is 1. The highest BCUT2D eigenvalue weighted by Crippen LogP contribution is 1.91. The molecular formula is C7H10SSi. The van der Waals surface area contributed by atoms with E-state index in [9.17, 15) is 0 Å². The first-order valence-electron chi connectivity index (χ1n) is 3.00. The van der Waals surface area contributed by atoms with Crippen molar-refractivity contribution in [2.45, 2.75) is 6.92 Å². The number of hydrogen-bond acceptors (Lipinski definition) is 1. The van der Waals surface area contributed by atoms with Gasteiger partial charge in [-0.15, -0.1) is 0 Å². The molecule has 2 heteroatoms. The smallest absolute Gasteiger partial charge is 0.113 e. The third-order valence-electron chi connectivity index (χ3n) is 1.43. The van der Waals surface area contributed by atoms with Crippen molar-refractivity contribution in [3.63, 3.8) is 0 Å². The molecule has 0 fully saturated rings. The first-order chi connectivity index (χ1) is 4.34. The van der Waals surface area contributed by atoms with Gasteiger partial charge < -0.3 is 0 Å². The lowest BCUT2D eigenvalue weighted by Gasteiger charge is -1.97. The van der Waals surface area contributed by atoms with E-state index < -0.39 is 0 Å². The summed E-state index contributed by atoms with van der Waals surface area (Å²) >= 11 is 4.32. The molecule has 0 N–H and O–H groups in total. The van der Waals surface area contributed by atoms with Gasteiger partial charge in [-0.25, -0.2) is 12.1 Å². The summed E-state index contributed by atoms with van der Waals surface area (Å²) in [6, 6.07) is 8.44. The van der Waals surface area contributed by atoms with Crippen LogP contribution in [0, 0.1) is 6.92 Å². The fourth-order valence-corrected chi connectivity index (χ4v) is 2.46. The van der Waals surface area contributed by atoms with E-state index in [1.165, 1.54) is 10.8 Å². The van der Waals surface area contributed by atoms with Gasteiger partial charge in [0.25, 0.3) is 0 Å². The van der Waals surface area contributed by atoms with Gasteiger partial charge in [-0.2, -0.15) is 0 Å². The van der Waals surface area contributed by atoms with Crippen LogP contribution in [0.4, 0.5) is 0 Å². The Balaban J connectivity index is 3.01. The number of benzene rings is 1. The molecule has 0 aliphatic heterocycles. The number of hydrogen-bond donors (Lipinski definition) is 1. The van der Waals surface area contributed by atoms with E-state index in [1.54, 1.807) is 0 Å². The lowest BCUT2D eigenvalue weighted by atomic mass is 10.2. The summed E-state index contributed by atoms with van der Waals surface area (Å²) in [7, 11) is -0.243. The topological polar surface area (TPSA) is 0 Å². The molecule has 0 unspecified atom stereocenters. The van der Waals surface area contributed by atoms with Gasteiger partial charge in [-0.05, 0) is 6.92 Å². The fraction of sp³-hybridized carbons (Fsp3) is 0.143. The largest absolute Gasteiger partial charge is 0.204 e. The average Bonchev–Trinajstić information content (AvgIpc) is 1.89. The fourth-order valence-electron chi connectivity index (χ4n) is 0.787. The average molecular weight is 154 g/mol. The SMILES string of the molecule is Cc1ccccc1[SiH2]S. The van der Waals surface area contributed by atoms with Gasteiger partial charge in [-0.3, -0.25) is 0 Å². The van der Waals surface area contributed by atoms with Crippen LogP contribution in [0.15, 0.2) is 24.3 Å². The molecule has 0 aliphatic rings. The highest BCUT2D eigenvalue weighted by Gasteiger charge is 1.90. The number of thiol groups is 1. The Morgan fingerprint density at radius 2 is 2.00 bits per heavy atom. The third kappa shape index (κ3) is 1.59. The van der Waals surface area contributed by atoms with E-state index >= 15 is 0 Å². The van der Waals surface area contributed by atoms with Crippen LogP contribution in [0.5, 0.6) is 0 Å². The van der Waals surface area contributed by atoms with E-state index in [2.05, 4.69) is 43.3 Å². The Hall–Kier alpha value is -0.213. The Kier molecular flexibility index (Phi) is 2.36. The summed E-state index contributed by atoms with van der Waals surface area (Å²) in [6.07, 6.45) is 0. The lowest BCUT2D eigenvalue weighted by Crippen LogP contribution is -2.11. The van der Waals surface area contributed by atoms with E-state index in [-0.39, 0.29) is 8.67 Å². The van der Waals surface area contributed by atoms with Gasteiger partial charge in [0.15, 0.2) is 0 Å². The first-order valence-corrected chi connectivity index (χ1v) is 6.23. The zero-order valence-corrected chi connectivity index (χ0v) is 7.77. The van der Waals surface area contributed by atoms with Crippen LogP contribution < -0.4 is 5.19 Å². The molecule has 0 amide bonds. The van der Waals surface area contributed by atoms with E-state index in [4.69, 9.17) is 0 Å². The molecule has 0 aliphatic carbocycles. The second-order valence-corrected chi connectivity index (χ2v) is 4.11. The molecule has 0 aromatic heterocycles. The maximum atomic E-state index is 4.32. The van der Waals surface area contributed by atoms with Gasteiger partial charge in [0.2, 0.25) is 0 Å². The second kappa shape index (κ2) is 3.08. The zero-order chi connectivity index (χ0) is 6.69. The van der Waals surface area contributed by atoms with E-state index in [0.29, 0.717) is 0 Å². The van der Waals surface area contributed by atoms with Crippen LogP contribution in [0.1, 0.15) is 5.56 Å². The molecule has 1 rings (SSSR count). The van der Waals surface area contributed by atoms with Crippen molar-refractivity contribution in [3.05, 3.63) is 29.8 Å². The molecule has 0 saturated heterocycles. The molecule has 0 heterocycles. The van der Waals surface area contributed by atoms with Gasteiger partial charge in [-0.1, -0.05) is 35.0 Å². The zero-order valence-electron chi connectivity index (χ0n) is 5.46. The molecular weight excluding hydrogens is 144 g/mol. The van der Waals surface area contributed by atoms with Crippen LogP contribution in [0.3, 0.4) is 0 Å². The van der Waals surface area contributed by atoms with Gasteiger partial charge in [0.05, 0.1) is 0 Å². The van der Waals surface area contributed by atoms with E-state index in [0.717, 1.165) is 0 Å². The maximum absolute atomic E-state index is 4.32. The van der Waals surface area contributed by atoms with Crippen molar-refractivity contribution in [2.75, 3.05) is 0 Å². The third-order valence-corrected chi connectivity index (χ3v) is 3.59. The Morgan fingerprint density at radius 1 is 1.33 bits per heavy atom. The molecule has 0 spiro atoms. The van der Waals surface area contributed by atoms with Gasteiger partial charge in [0, 0.05) is 0 Å². The molecule has 9 heavy (non-hydrogen) atoms. The second-order valence-electron chi connectivity index (χ2n) is 2.08. The van der Waals surface area contributed by atoms with Crippen molar-refractivity contribution in [2.24, 2.45) is 0 Å². The van der Waals surface area contributed by atoms with Crippen molar-refractivity contribution in [1.29, 1.82) is 0 Å². The molecule has 0 nitrogen and oxygen atoms in total. The lowest BCUT2D eigenvalue weighted by molar-refractivity contribution is 1.52. The van der Waals surface area contributed by atoms with Crippen LogP contribution in [-0.2, 0) is 0 Å². The van der Waals surface area contributed by atoms with Gasteiger partial charge in [0.1, 0.15) is 8.67 Å². The minimum atomic E-state index is -0.243. The van der Waals surface area contributed by atoms with Crippen molar-refractivity contribution in [1.82, 2.24) is 0 Å². The Labute approximate surface area is 63.2 Å². The summed E-state index contributed by atoms with van der Waals surface area (Å²) in [4.78, 5) is 0. The minimum absolute atomic E-state index is 0.243. The van der Waals surface area contributed by atoms with Crippen molar-refractivity contribution in [3.8, 4) is 0 Å². The molecule has 1 aromatic carbocycles. The quantitative estimate of drug-likeness (QED) is 0.445. The van der Waals surface area contributed by atoms with Crippen LogP contribution in [-0.4, -0.2) is 8.67 Å². The summed E-state index contributed by atoms with van der Waals surface area (Å²) in [5, 5.41) is 1.46. The van der Waals surface area contributed by atoms with Gasteiger partial charge >= 0.3 is 0 Å². The summed E-state index contributed by atoms with van der Waals surface area (Å²) < 4.78 is 0. The molecule has 1 aromatic rings. The molecule has 0 saturated carbocycles. The summed E-state index contributed by atoms with van der Waals surface area (Å²) in [5.41, 5.74) is 1.39. The summed E-state index contributed by atoms with van der Waals surface area (Å²) in [5.74, 6) is 0. The standard InChI is InChI=1S/C7H10SSi/c1-6-4-2-3-5-7(6)9-8/h2-5,8H,9H2,1H3. The molecule has 0 radical (unpaired) electrons. The summed E-state index contributed by atoms with van der Waals surface area (Å²) in [6.45, 7) is 2.14. The van der Waals surface area contributed by atoms with Crippen LogP contribution in [0.2, 0.25) is 0 Å². The maximum Gasteiger partial charge on any atom is 0.113 e. The van der Waals surface area contributed by atoms with Crippen molar-refractivity contribution < 1.29 is 0 Å². The predicted octanol–water partition coefficient (Wildman–Crippen LogP) is 0.634.